The van der Waals surface area contributed by atoms with E-state index in [1.807, 2.05) is 0 Å². The van der Waals surface area contributed by atoms with Crippen LogP contribution in [0.25, 0.3) is 0 Å². The summed E-state index contributed by atoms with van der Waals surface area (Å²) in [6.07, 6.45) is 9.55. The maximum atomic E-state index is 11.9. The molecule has 3 nitrogen and oxygen atoms in total. The number of rotatable bonds is 8. The van der Waals surface area contributed by atoms with Crippen molar-refractivity contribution in [2.75, 3.05) is 0 Å². The maximum Gasteiger partial charge on any atom is 0.182 e. The minimum atomic E-state index is 0.187. The van der Waals surface area contributed by atoms with Gasteiger partial charge < -0.3 is 0 Å². The summed E-state index contributed by atoms with van der Waals surface area (Å²) in [5, 5.41) is 4.05. The molecule has 4 heteroatoms. The molecule has 0 aliphatic rings. The fraction of sp³-hybridized carbons (Fsp3) is 0.692. The molecular weight excluding hydrogens is 280 g/mol. The fourth-order valence-electron chi connectivity index (χ4n) is 1.91. The molecule has 1 rings (SSSR count). The Labute approximate surface area is 112 Å². The molecule has 17 heavy (non-hydrogen) atoms. The van der Waals surface area contributed by atoms with Crippen molar-refractivity contribution in [3.05, 3.63) is 16.4 Å². The van der Waals surface area contributed by atoms with Crippen LogP contribution in [0.15, 0.2) is 10.7 Å². The van der Waals surface area contributed by atoms with E-state index in [0.29, 0.717) is 12.1 Å². The van der Waals surface area contributed by atoms with E-state index < -0.39 is 0 Å². The van der Waals surface area contributed by atoms with Crippen molar-refractivity contribution in [2.24, 2.45) is 7.05 Å². The van der Waals surface area contributed by atoms with Crippen LogP contribution in [0.1, 0.15) is 62.4 Å². The lowest BCUT2D eigenvalue weighted by molar-refractivity contribution is 0.0969. The van der Waals surface area contributed by atoms with E-state index in [2.05, 4.69) is 28.0 Å². The third-order valence-electron chi connectivity index (χ3n) is 2.92. The van der Waals surface area contributed by atoms with E-state index in [1.165, 1.54) is 25.7 Å². The topological polar surface area (TPSA) is 34.9 Å². The predicted molar refractivity (Wildman–Crippen MR) is 73.2 cm³/mol. The van der Waals surface area contributed by atoms with E-state index in [4.69, 9.17) is 0 Å². The summed E-state index contributed by atoms with van der Waals surface area (Å²) in [5.41, 5.74) is 0.693. The van der Waals surface area contributed by atoms with Gasteiger partial charge in [-0.15, -0.1) is 0 Å². The van der Waals surface area contributed by atoms with Crippen LogP contribution in [0.5, 0.6) is 0 Å². The molecule has 0 saturated carbocycles. The van der Waals surface area contributed by atoms with Crippen LogP contribution in [0.2, 0.25) is 0 Å². The van der Waals surface area contributed by atoms with Crippen molar-refractivity contribution in [2.45, 2.75) is 51.9 Å². The number of Topliss-reactive ketones (excluding diaryl/α,β-unsaturated/α-hetero) is 1. The summed E-state index contributed by atoms with van der Waals surface area (Å²) in [5.74, 6) is 0.187. The average Bonchev–Trinajstić information content (AvgIpc) is 2.63. The van der Waals surface area contributed by atoms with Gasteiger partial charge in [-0.3, -0.25) is 9.48 Å². The van der Waals surface area contributed by atoms with Gasteiger partial charge in [0.2, 0.25) is 0 Å². The Morgan fingerprint density at radius 2 is 1.94 bits per heavy atom. The van der Waals surface area contributed by atoms with E-state index in [0.717, 1.165) is 17.3 Å². The van der Waals surface area contributed by atoms with Crippen LogP contribution in [-0.4, -0.2) is 15.6 Å². The van der Waals surface area contributed by atoms with Crippen molar-refractivity contribution in [3.8, 4) is 0 Å². The Kier molecular flexibility index (Phi) is 6.48. The number of aromatic nitrogens is 2. The summed E-state index contributed by atoms with van der Waals surface area (Å²) < 4.78 is 2.44. The van der Waals surface area contributed by atoms with Crippen LogP contribution in [0.3, 0.4) is 0 Å². The number of aryl methyl sites for hydroxylation is 1. The Bertz CT molecular complexity index is 341. The van der Waals surface area contributed by atoms with Crippen molar-refractivity contribution >= 4 is 21.7 Å². The van der Waals surface area contributed by atoms with Crippen LogP contribution >= 0.6 is 15.9 Å². The van der Waals surface area contributed by atoms with Gasteiger partial charge in [0.05, 0.1) is 10.7 Å². The zero-order valence-corrected chi connectivity index (χ0v) is 12.3. The van der Waals surface area contributed by atoms with Crippen LogP contribution < -0.4 is 0 Å². The Morgan fingerprint density at radius 3 is 2.53 bits per heavy atom. The van der Waals surface area contributed by atoms with Gasteiger partial charge in [0.1, 0.15) is 5.69 Å². The number of carbonyl (C=O) groups is 1. The predicted octanol–water partition coefficient (Wildman–Crippen LogP) is 4.12. The van der Waals surface area contributed by atoms with Gasteiger partial charge in [0, 0.05) is 13.5 Å². The average molecular weight is 301 g/mol. The number of halogens is 1. The number of hydrogen-bond donors (Lipinski definition) is 0. The Balaban J connectivity index is 2.26. The van der Waals surface area contributed by atoms with Gasteiger partial charge in [0.15, 0.2) is 5.78 Å². The normalized spacial score (nSPS) is 10.8. The van der Waals surface area contributed by atoms with Crippen LogP contribution in [-0.2, 0) is 7.05 Å². The second kappa shape index (κ2) is 7.64. The Morgan fingerprint density at radius 1 is 1.29 bits per heavy atom. The molecule has 0 unspecified atom stereocenters. The van der Waals surface area contributed by atoms with E-state index in [9.17, 15) is 4.79 Å². The molecule has 0 radical (unpaired) electrons. The minimum Gasteiger partial charge on any atom is -0.292 e. The molecule has 0 amide bonds. The molecule has 1 aromatic heterocycles. The number of carbonyl (C=O) groups excluding carboxylic acids is 1. The fourth-order valence-corrected chi connectivity index (χ4v) is 2.48. The van der Waals surface area contributed by atoms with Crippen molar-refractivity contribution < 1.29 is 4.79 Å². The molecular formula is C13H21BrN2O. The second-order valence-corrected chi connectivity index (χ2v) is 5.26. The summed E-state index contributed by atoms with van der Waals surface area (Å²) in [6, 6.07) is 0. The zero-order chi connectivity index (χ0) is 12.7. The largest absolute Gasteiger partial charge is 0.292 e. The number of ketones is 1. The molecule has 96 valence electrons. The number of nitrogens with zero attached hydrogens (tertiary/aromatic N) is 2. The zero-order valence-electron chi connectivity index (χ0n) is 10.7. The molecule has 0 N–H and O–H groups in total. The van der Waals surface area contributed by atoms with Gasteiger partial charge in [-0.2, -0.15) is 5.10 Å². The highest BCUT2D eigenvalue weighted by molar-refractivity contribution is 9.10. The first-order valence-electron chi connectivity index (χ1n) is 6.37. The molecule has 0 aliphatic carbocycles. The van der Waals surface area contributed by atoms with Gasteiger partial charge in [-0.25, -0.2) is 0 Å². The maximum absolute atomic E-state index is 11.9. The monoisotopic (exact) mass is 300 g/mol. The molecule has 0 saturated heterocycles. The SMILES string of the molecule is CCCCCCCCC(=O)c1c(Br)cnn1C. The summed E-state index contributed by atoms with van der Waals surface area (Å²) >= 11 is 3.36. The standard InChI is InChI=1S/C13H21BrN2O/c1-3-4-5-6-7-8-9-12(17)13-11(14)10-15-16(13)2/h10H,3-9H2,1-2H3. The van der Waals surface area contributed by atoms with Gasteiger partial charge >= 0.3 is 0 Å². The Hall–Kier alpha value is -0.640. The molecule has 0 spiro atoms. The van der Waals surface area contributed by atoms with E-state index in [-0.39, 0.29) is 5.78 Å². The van der Waals surface area contributed by atoms with Crippen LogP contribution in [0.4, 0.5) is 0 Å². The molecule has 0 atom stereocenters. The third kappa shape index (κ3) is 4.62. The molecule has 1 heterocycles. The molecule has 0 aliphatic heterocycles. The van der Waals surface area contributed by atoms with Crippen molar-refractivity contribution in [3.63, 3.8) is 0 Å². The third-order valence-corrected chi connectivity index (χ3v) is 3.50. The minimum absolute atomic E-state index is 0.187. The second-order valence-electron chi connectivity index (χ2n) is 4.41. The molecule has 0 fully saturated rings. The quantitative estimate of drug-likeness (QED) is 0.535. The highest BCUT2D eigenvalue weighted by Crippen LogP contribution is 2.18. The van der Waals surface area contributed by atoms with E-state index in [1.54, 1.807) is 17.9 Å². The lowest BCUT2D eigenvalue weighted by Crippen LogP contribution is -2.07. The first kappa shape index (κ1) is 14.4. The summed E-state index contributed by atoms with van der Waals surface area (Å²) in [7, 11) is 1.80. The molecule has 0 bridgehead atoms. The number of hydrogen-bond acceptors (Lipinski definition) is 2. The van der Waals surface area contributed by atoms with Gasteiger partial charge in [-0.05, 0) is 22.4 Å². The summed E-state index contributed by atoms with van der Waals surface area (Å²) in [4.78, 5) is 11.9. The first-order valence-corrected chi connectivity index (χ1v) is 7.16. The van der Waals surface area contributed by atoms with E-state index >= 15 is 0 Å². The van der Waals surface area contributed by atoms with Crippen LogP contribution in [0, 0.1) is 0 Å². The smallest absolute Gasteiger partial charge is 0.182 e. The first-order chi connectivity index (χ1) is 8.16. The van der Waals surface area contributed by atoms with Crippen molar-refractivity contribution in [1.82, 2.24) is 9.78 Å². The molecule has 1 aromatic rings. The van der Waals surface area contributed by atoms with Crippen molar-refractivity contribution in [1.29, 1.82) is 0 Å². The highest BCUT2D eigenvalue weighted by Gasteiger charge is 2.14. The van der Waals surface area contributed by atoms with Gasteiger partial charge in [0.25, 0.3) is 0 Å². The summed E-state index contributed by atoms with van der Waals surface area (Å²) in [6.45, 7) is 2.21. The number of unbranched alkanes of at least 4 members (excludes halogenated alkanes) is 5. The lowest BCUT2D eigenvalue weighted by atomic mass is 10.1. The lowest BCUT2D eigenvalue weighted by Gasteiger charge is -2.03. The molecule has 0 aromatic carbocycles. The highest BCUT2D eigenvalue weighted by atomic mass is 79.9. The van der Waals surface area contributed by atoms with Gasteiger partial charge in [-0.1, -0.05) is 39.0 Å².